The van der Waals surface area contributed by atoms with Crippen LogP contribution in [0.3, 0.4) is 0 Å². The zero-order chi connectivity index (χ0) is 8.72. The molecule has 1 N–H and O–H groups in total. The molecule has 1 saturated heterocycles. The number of carboxylic acid groups (broad SMARTS) is 1. The lowest BCUT2D eigenvalue weighted by molar-refractivity contribution is -0.138. The van der Waals surface area contributed by atoms with Crippen LogP contribution < -0.4 is 0 Å². The Labute approximate surface area is 71.7 Å². The summed E-state index contributed by atoms with van der Waals surface area (Å²) in [6.45, 7) is 2.13. The average Bonchev–Trinajstić information content (AvgIpc) is 2.73. The first kappa shape index (κ1) is 8.05. The van der Waals surface area contributed by atoms with Crippen molar-refractivity contribution in [1.29, 1.82) is 0 Å². The zero-order valence-corrected chi connectivity index (χ0v) is 7.19. The molecule has 2 aliphatic rings. The number of ether oxygens (including phenoxy) is 1. The first-order chi connectivity index (χ1) is 5.68. The maximum Gasteiger partial charge on any atom is 0.303 e. The van der Waals surface area contributed by atoms with Gasteiger partial charge in [-0.05, 0) is 18.8 Å². The molecule has 0 aromatic heterocycles. The van der Waals surface area contributed by atoms with Crippen molar-refractivity contribution < 1.29 is 14.6 Å². The number of rotatable bonds is 2. The van der Waals surface area contributed by atoms with Crippen molar-refractivity contribution in [2.45, 2.75) is 38.4 Å². The molecule has 0 radical (unpaired) electrons. The Kier molecular flexibility index (Phi) is 1.83. The molecule has 1 heterocycles. The van der Waals surface area contributed by atoms with E-state index in [-0.39, 0.29) is 18.4 Å². The van der Waals surface area contributed by atoms with E-state index in [1.807, 2.05) is 0 Å². The highest BCUT2D eigenvalue weighted by Crippen LogP contribution is 2.45. The lowest BCUT2D eigenvalue weighted by Crippen LogP contribution is -2.26. The summed E-state index contributed by atoms with van der Waals surface area (Å²) in [6.07, 6.45) is 3.19. The van der Waals surface area contributed by atoms with E-state index in [1.54, 1.807) is 0 Å². The highest BCUT2D eigenvalue weighted by molar-refractivity contribution is 5.67. The van der Waals surface area contributed by atoms with Crippen LogP contribution >= 0.6 is 0 Å². The third-order valence-corrected chi connectivity index (χ3v) is 3.09. The average molecular weight is 170 g/mol. The minimum Gasteiger partial charge on any atom is -0.481 e. The fourth-order valence-electron chi connectivity index (χ4n) is 2.25. The number of hydrogen-bond acceptors (Lipinski definition) is 2. The van der Waals surface area contributed by atoms with E-state index in [2.05, 4.69) is 6.92 Å². The van der Waals surface area contributed by atoms with Crippen molar-refractivity contribution in [3.05, 3.63) is 0 Å². The Morgan fingerprint density at radius 3 is 3.00 bits per heavy atom. The second-order valence-electron chi connectivity index (χ2n) is 3.96. The number of fused-ring (bicyclic) bond motifs is 1. The molecule has 1 aliphatic heterocycles. The summed E-state index contributed by atoms with van der Waals surface area (Å²) in [7, 11) is 0. The molecule has 3 heteroatoms. The summed E-state index contributed by atoms with van der Waals surface area (Å²) < 4.78 is 5.40. The van der Waals surface area contributed by atoms with Crippen LogP contribution in [0.5, 0.6) is 0 Å². The van der Waals surface area contributed by atoms with Gasteiger partial charge in [0.25, 0.3) is 0 Å². The van der Waals surface area contributed by atoms with Gasteiger partial charge in [-0.15, -0.1) is 0 Å². The number of epoxide rings is 1. The van der Waals surface area contributed by atoms with Crippen LogP contribution in [0.25, 0.3) is 0 Å². The molecule has 2 rings (SSSR count). The van der Waals surface area contributed by atoms with Crippen LogP contribution in [0.4, 0.5) is 0 Å². The fourth-order valence-corrected chi connectivity index (χ4v) is 2.25. The van der Waals surface area contributed by atoms with Gasteiger partial charge in [0.2, 0.25) is 0 Å². The Bertz CT molecular complexity index is 200. The van der Waals surface area contributed by atoms with E-state index in [0.717, 1.165) is 12.8 Å². The van der Waals surface area contributed by atoms with Crippen molar-refractivity contribution in [2.75, 3.05) is 0 Å². The maximum absolute atomic E-state index is 10.5. The molecule has 0 aromatic rings. The van der Waals surface area contributed by atoms with Gasteiger partial charge in [-0.25, -0.2) is 0 Å². The number of hydrogen-bond donors (Lipinski definition) is 1. The lowest BCUT2D eigenvalue weighted by Gasteiger charge is -2.23. The van der Waals surface area contributed by atoms with Gasteiger partial charge in [0.1, 0.15) is 0 Å². The minimum absolute atomic E-state index is 0.265. The van der Waals surface area contributed by atoms with Gasteiger partial charge >= 0.3 is 5.97 Å². The topological polar surface area (TPSA) is 49.8 Å². The summed E-state index contributed by atoms with van der Waals surface area (Å²) in [4.78, 5) is 10.5. The number of carbonyl (C=O) groups is 1. The monoisotopic (exact) mass is 170 g/mol. The van der Waals surface area contributed by atoms with E-state index >= 15 is 0 Å². The third-order valence-electron chi connectivity index (χ3n) is 3.09. The Hall–Kier alpha value is -0.570. The van der Waals surface area contributed by atoms with Gasteiger partial charge in [-0.2, -0.15) is 0 Å². The lowest BCUT2D eigenvalue weighted by atomic mass is 9.79. The van der Waals surface area contributed by atoms with Crippen LogP contribution in [-0.2, 0) is 9.53 Å². The molecule has 68 valence electrons. The van der Waals surface area contributed by atoms with Gasteiger partial charge in [0.15, 0.2) is 0 Å². The molecule has 2 fully saturated rings. The van der Waals surface area contributed by atoms with E-state index < -0.39 is 5.97 Å². The van der Waals surface area contributed by atoms with Crippen LogP contribution in [0.15, 0.2) is 0 Å². The smallest absolute Gasteiger partial charge is 0.303 e. The van der Waals surface area contributed by atoms with Gasteiger partial charge in [0, 0.05) is 5.92 Å². The van der Waals surface area contributed by atoms with E-state index in [1.165, 1.54) is 0 Å². The SMILES string of the molecule is CC1CCC2OC2C1CC(=O)O. The predicted molar refractivity (Wildman–Crippen MR) is 42.8 cm³/mol. The Morgan fingerprint density at radius 2 is 2.33 bits per heavy atom. The van der Waals surface area contributed by atoms with Crippen LogP contribution in [0.1, 0.15) is 26.2 Å². The van der Waals surface area contributed by atoms with Crippen molar-refractivity contribution in [2.24, 2.45) is 11.8 Å². The summed E-state index contributed by atoms with van der Waals surface area (Å²) in [5.74, 6) is 0.0918. The Balaban J connectivity index is 1.97. The van der Waals surface area contributed by atoms with Gasteiger partial charge in [-0.1, -0.05) is 6.92 Å². The van der Waals surface area contributed by atoms with Crippen molar-refractivity contribution >= 4 is 5.97 Å². The molecular weight excluding hydrogens is 156 g/mol. The van der Waals surface area contributed by atoms with Crippen molar-refractivity contribution in [3.63, 3.8) is 0 Å². The maximum atomic E-state index is 10.5. The van der Waals surface area contributed by atoms with E-state index in [4.69, 9.17) is 9.84 Å². The summed E-state index contributed by atoms with van der Waals surface area (Å²) in [6, 6.07) is 0. The largest absolute Gasteiger partial charge is 0.481 e. The van der Waals surface area contributed by atoms with Crippen molar-refractivity contribution in [3.8, 4) is 0 Å². The first-order valence-corrected chi connectivity index (χ1v) is 4.55. The molecule has 1 saturated carbocycles. The molecule has 0 aromatic carbocycles. The third kappa shape index (κ3) is 1.33. The second-order valence-corrected chi connectivity index (χ2v) is 3.96. The summed E-state index contributed by atoms with van der Waals surface area (Å²) >= 11 is 0. The Morgan fingerprint density at radius 1 is 1.58 bits per heavy atom. The molecule has 0 spiro atoms. The van der Waals surface area contributed by atoms with Gasteiger partial charge in [0.05, 0.1) is 18.6 Å². The van der Waals surface area contributed by atoms with Gasteiger partial charge < -0.3 is 9.84 Å². The standard InChI is InChI=1S/C9H14O3/c1-5-2-3-7-9(12-7)6(5)4-8(10)11/h5-7,9H,2-4H2,1H3,(H,10,11). The van der Waals surface area contributed by atoms with Gasteiger partial charge in [-0.3, -0.25) is 4.79 Å². The number of carboxylic acids is 1. The minimum atomic E-state index is -0.692. The molecule has 12 heavy (non-hydrogen) atoms. The highest BCUT2D eigenvalue weighted by Gasteiger charge is 2.50. The first-order valence-electron chi connectivity index (χ1n) is 4.55. The van der Waals surface area contributed by atoms with E-state index in [9.17, 15) is 4.79 Å². The molecule has 3 nitrogen and oxygen atoms in total. The van der Waals surface area contributed by atoms with Crippen molar-refractivity contribution in [1.82, 2.24) is 0 Å². The molecule has 0 amide bonds. The zero-order valence-electron chi connectivity index (χ0n) is 7.19. The molecular formula is C9H14O3. The second kappa shape index (κ2) is 2.73. The normalized spacial score (nSPS) is 45.1. The molecule has 4 atom stereocenters. The molecule has 0 bridgehead atoms. The summed E-state index contributed by atoms with van der Waals surface area (Å²) in [5.41, 5.74) is 0. The molecule has 4 unspecified atom stereocenters. The fraction of sp³-hybridized carbons (Fsp3) is 0.889. The van der Waals surface area contributed by atoms with Crippen LogP contribution in [-0.4, -0.2) is 23.3 Å². The number of aliphatic carboxylic acids is 1. The van der Waals surface area contributed by atoms with Crippen LogP contribution in [0.2, 0.25) is 0 Å². The summed E-state index contributed by atoms with van der Waals surface area (Å²) in [5, 5.41) is 8.66. The quantitative estimate of drug-likeness (QED) is 0.635. The predicted octanol–water partition coefficient (Wildman–Crippen LogP) is 1.27. The molecule has 1 aliphatic carbocycles. The van der Waals surface area contributed by atoms with Crippen LogP contribution in [0, 0.1) is 11.8 Å². The van der Waals surface area contributed by atoms with E-state index in [0.29, 0.717) is 12.0 Å². The highest BCUT2D eigenvalue weighted by atomic mass is 16.6.